The Morgan fingerprint density at radius 2 is 1.88 bits per heavy atom. The third kappa shape index (κ3) is 5.12. The number of carbonyl (C=O) groups excluding carboxylic acids is 1. The average molecular weight is 590 g/mol. The molecule has 12 heteroatoms. The fourth-order valence-corrected chi connectivity index (χ4v) is 5.83. The second-order valence-corrected chi connectivity index (χ2v) is 10.4. The van der Waals surface area contributed by atoms with Crippen molar-refractivity contribution in [1.82, 2.24) is 4.57 Å². The number of nitro groups is 1. The number of carbonyl (C=O) groups is 1. The molecule has 1 aliphatic heterocycles. The minimum atomic E-state index is -0.831. The third-order valence-electron chi connectivity index (χ3n) is 6.83. The Kier molecular flexibility index (Phi) is 7.81. The van der Waals surface area contributed by atoms with Gasteiger partial charge in [-0.2, -0.15) is 0 Å². The second-order valence-electron chi connectivity index (χ2n) is 9.38. The Morgan fingerprint density at radius 3 is 2.57 bits per heavy atom. The molecule has 5 rings (SSSR count). The van der Waals surface area contributed by atoms with E-state index in [-0.39, 0.29) is 23.4 Å². The predicted molar refractivity (Wildman–Crippen MR) is 155 cm³/mol. The number of hydrogen-bond donors (Lipinski definition) is 0. The molecule has 2 aromatic carbocycles. The predicted octanol–water partition coefficient (Wildman–Crippen LogP) is 4.29. The van der Waals surface area contributed by atoms with Gasteiger partial charge in [0.05, 0.1) is 47.6 Å². The number of hydrogen-bond acceptors (Lipinski definition) is 10. The number of furan rings is 1. The number of aromatic nitrogens is 1. The van der Waals surface area contributed by atoms with Gasteiger partial charge in [-0.3, -0.25) is 19.5 Å². The average Bonchev–Trinajstić information content (AvgIpc) is 3.56. The van der Waals surface area contributed by atoms with Crippen LogP contribution < -0.4 is 24.4 Å². The van der Waals surface area contributed by atoms with Crippen LogP contribution in [0.25, 0.3) is 17.4 Å². The third-order valence-corrected chi connectivity index (χ3v) is 7.81. The fraction of sp³-hybridized carbons (Fsp3) is 0.233. The highest BCUT2D eigenvalue weighted by Gasteiger charge is 2.34. The van der Waals surface area contributed by atoms with Gasteiger partial charge in [-0.25, -0.2) is 9.79 Å². The molecule has 0 radical (unpaired) electrons. The van der Waals surface area contributed by atoms with Gasteiger partial charge >= 0.3 is 5.97 Å². The van der Waals surface area contributed by atoms with Gasteiger partial charge < -0.3 is 18.6 Å². The summed E-state index contributed by atoms with van der Waals surface area (Å²) in [4.78, 5) is 43.0. The van der Waals surface area contributed by atoms with Gasteiger partial charge in [0.25, 0.3) is 11.2 Å². The lowest BCUT2D eigenvalue weighted by molar-refractivity contribution is -0.385. The lowest BCUT2D eigenvalue weighted by Crippen LogP contribution is -2.39. The zero-order valence-corrected chi connectivity index (χ0v) is 24.3. The summed E-state index contributed by atoms with van der Waals surface area (Å²) in [5, 5.41) is 11.4. The Morgan fingerprint density at radius 1 is 1.12 bits per heavy atom. The van der Waals surface area contributed by atoms with Crippen LogP contribution in [-0.2, 0) is 9.53 Å². The standard InChI is InChI=1S/C30H27N3O8S/c1-6-40-29(35)26-17(3)31-30-32(27(26)19-9-11-23(38-4)24(14-19)39-5)28(34)25(42-30)15-20-10-12-22(41-20)18-8-7-16(2)21(13-18)33(36)37/h7-15,27H,6H2,1-5H3. The first kappa shape index (κ1) is 28.6. The first-order valence-corrected chi connectivity index (χ1v) is 13.7. The van der Waals surface area contributed by atoms with E-state index in [0.717, 1.165) is 11.3 Å². The van der Waals surface area contributed by atoms with E-state index in [0.29, 0.717) is 54.7 Å². The molecular weight excluding hydrogens is 562 g/mol. The Balaban J connectivity index is 1.63. The maximum atomic E-state index is 13.9. The SMILES string of the molecule is CCOC(=O)C1=C(C)N=c2sc(=Cc3ccc(-c4ccc(C)c([N+](=O)[O-])c4)o3)c(=O)n2C1c1ccc(OC)c(OC)c1. The normalized spacial score (nSPS) is 14.8. The van der Waals surface area contributed by atoms with Crippen molar-refractivity contribution in [3.8, 4) is 22.8 Å². The Labute approximate surface area is 243 Å². The summed E-state index contributed by atoms with van der Waals surface area (Å²) in [6.07, 6.45) is 1.59. The van der Waals surface area contributed by atoms with Gasteiger partial charge in [-0.1, -0.05) is 29.5 Å². The fourth-order valence-electron chi connectivity index (χ4n) is 4.80. The highest BCUT2D eigenvalue weighted by molar-refractivity contribution is 7.07. The van der Waals surface area contributed by atoms with Crippen molar-refractivity contribution in [2.45, 2.75) is 26.8 Å². The van der Waals surface area contributed by atoms with Crippen molar-refractivity contribution in [3.63, 3.8) is 0 Å². The summed E-state index contributed by atoms with van der Waals surface area (Å²) < 4.78 is 23.9. The second kappa shape index (κ2) is 11.5. The first-order valence-electron chi connectivity index (χ1n) is 12.9. The molecule has 0 fully saturated rings. The number of allylic oxidation sites excluding steroid dienone is 1. The molecule has 4 aromatic rings. The minimum Gasteiger partial charge on any atom is -0.493 e. The van der Waals surface area contributed by atoms with Crippen LogP contribution in [0.5, 0.6) is 11.5 Å². The lowest BCUT2D eigenvalue weighted by atomic mass is 9.95. The van der Waals surface area contributed by atoms with E-state index in [1.54, 1.807) is 69.3 Å². The van der Waals surface area contributed by atoms with Crippen LogP contribution in [0.3, 0.4) is 0 Å². The topological polar surface area (TPSA) is 135 Å². The molecule has 2 aromatic heterocycles. The number of fused-ring (bicyclic) bond motifs is 1. The van der Waals surface area contributed by atoms with Gasteiger partial charge in [0.15, 0.2) is 16.3 Å². The van der Waals surface area contributed by atoms with Crippen LogP contribution in [-0.4, -0.2) is 36.3 Å². The lowest BCUT2D eigenvalue weighted by Gasteiger charge is -2.25. The number of ether oxygens (including phenoxy) is 3. The molecule has 0 amide bonds. The molecule has 216 valence electrons. The number of nitro benzene ring substituents is 1. The first-order chi connectivity index (χ1) is 20.2. The summed E-state index contributed by atoms with van der Waals surface area (Å²) >= 11 is 1.15. The molecule has 0 N–H and O–H groups in total. The maximum Gasteiger partial charge on any atom is 0.338 e. The number of methoxy groups -OCH3 is 2. The van der Waals surface area contributed by atoms with E-state index in [9.17, 15) is 19.7 Å². The summed E-state index contributed by atoms with van der Waals surface area (Å²) in [7, 11) is 3.03. The van der Waals surface area contributed by atoms with E-state index in [1.165, 1.54) is 24.9 Å². The van der Waals surface area contributed by atoms with Crippen LogP contribution >= 0.6 is 11.3 Å². The van der Waals surface area contributed by atoms with Crippen LogP contribution in [0.1, 0.15) is 36.8 Å². The number of benzene rings is 2. The van der Waals surface area contributed by atoms with Gasteiger partial charge in [0.1, 0.15) is 11.5 Å². The summed E-state index contributed by atoms with van der Waals surface area (Å²) in [6, 6.07) is 12.6. The monoisotopic (exact) mass is 589 g/mol. The Bertz CT molecular complexity index is 1930. The zero-order chi connectivity index (χ0) is 30.1. The summed E-state index contributed by atoms with van der Waals surface area (Å²) in [6.45, 7) is 5.24. The van der Waals surface area contributed by atoms with Gasteiger partial charge in [0.2, 0.25) is 0 Å². The molecule has 11 nitrogen and oxygen atoms in total. The van der Waals surface area contributed by atoms with Crippen LogP contribution in [0.4, 0.5) is 5.69 Å². The largest absolute Gasteiger partial charge is 0.493 e. The van der Waals surface area contributed by atoms with E-state index >= 15 is 0 Å². The molecule has 0 aliphatic carbocycles. The highest BCUT2D eigenvalue weighted by Crippen LogP contribution is 2.36. The van der Waals surface area contributed by atoms with Crippen molar-refractivity contribution in [1.29, 1.82) is 0 Å². The van der Waals surface area contributed by atoms with E-state index < -0.39 is 16.9 Å². The summed E-state index contributed by atoms with van der Waals surface area (Å²) in [5.41, 5.74) is 1.97. The molecule has 1 aliphatic rings. The molecular formula is C30H27N3O8S. The number of rotatable bonds is 8. The smallest absolute Gasteiger partial charge is 0.338 e. The van der Waals surface area contributed by atoms with Crippen molar-refractivity contribution >= 4 is 29.1 Å². The maximum absolute atomic E-state index is 13.9. The number of aryl methyl sites for hydroxylation is 1. The van der Waals surface area contributed by atoms with Crippen LogP contribution in [0.2, 0.25) is 0 Å². The zero-order valence-electron chi connectivity index (χ0n) is 23.5. The molecule has 42 heavy (non-hydrogen) atoms. The highest BCUT2D eigenvalue weighted by atomic mass is 32.1. The molecule has 0 saturated carbocycles. The van der Waals surface area contributed by atoms with Crippen molar-refractivity contribution in [2.75, 3.05) is 20.8 Å². The van der Waals surface area contributed by atoms with Crippen molar-refractivity contribution < 1.29 is 28.3 Å². The van der Waals surface area contributed by atoms with Crippen molar-refractivity contribution in [2.24, 2.45) is 4.99 Å². The van der Waals surface area contributed by atoms with Gasteiger partial charge in [-0.15, -0.1) is 0 Å². The van der Waals surface area contributed by atoms with Crippen molar-refractivity contribution in [3.05, 3.63) is 106 Å². The number of nitrogens with zero attached hydrogens (tertiary/aromatic N) is 3. The molecule has 1 atom stereocenters. The van der Waals surface area contributed by atoms with E-state index in [4.69, 9.17) is 18.6 Å². The van der Waals surface area contributed by atoms with Crippen LogP contribution in [0, 0.1) is 17.0 Å². The van der Waals surface area contributed by atoms with Crippen LogP contribution in [0.15, 0.2) is 74.0 Å². The molecule has 1 unspecified atom stereocenters. The molecule has 0 spiro atoms. The number of thiazole rings is 1. The summed E-state index contributed by atoms with van der Waals surface area (Å²) in [5.74, 6) is 1.16. The molecule has 0 bridgehead atoms. The molecule has 0 saturated heterocycles. The number of esters is 1. The Hall–Kier alpha value is -4.97. The molecule has 3 heterocycles. The van der Waals surface area contributed by atoms with Gasteiger partial charge in [0, 0.05) is 23.3 Å². The quantitative estimate of drug-likeness (QED) is 0.169. The van der Waals surface area contributed by atoms with Gasteiger partial charge in [-0.05, 0) is 50.6 Å². The minimum absolute atomic E-state index is 0.0123. The van der Waals surface area contributed by atoms with E-state index in [2.05, 4.69) is 4.99 Å². The van der Waals surface area contributed by atoms with E-state index in [1.807, 2.05) is 0 Å².